The normalized spacial score (nSPS) is 29.1. The highest BCUT2D eigenvalue weighted by atomic mass is 32.2. The van der Waals surface area contributed by atoms with Crippen LogP contribution in [0.25, 0.3) is 0 Å². The fourth-order valence-electron chi connectivity index (χ4n) is 3.37. The Morgan fingerprint density at radius 2 is 1.86 bits per heavy atom. The van der Waals surface area contributed by atoms with Gasteiger partial charge in [-0.05, 0) is 38.5 Å². The second-order valence-electron chi connectivity index (χ2n) is 5.48. The highest BCUT2D eigenvalue weighted by Gasteiger charge is 2.47. The SMILES string of the molecule is CCOC(=O)NS(=O)(=O)N1C2CCC1CC(CC(=O)O)C2. The zero-order chi connectivity index (χ0) is 15.6. The quantitative estimate of drug-likeness (QED) is 0.771. The van der Waals surface area contributed by atoms with Gasteiger partial charge in [0.05, 0.1) is 6.61 Å². The molecule has 0 saturated carbocycles. The number of fused-ring (bicyclic) bond motifs is 2. The zero-order valence-electron chi connectivity index (χ0n) is 11.8. The molecule has 9 heteroatoms. The molecule has 1 amide bonds. The summed E-state index contributed by atoms with van der Waals surface area (Å²) >= 11 is 0. The number of hydrogen-bond acceptors (Lipinski definition) is 5. The van der Waals surface area contributed by atoms with Gasteiger partial charge in [0.2, 0.25) is 0 Å². The van der Waals surface area contributed by atoms with E-state index in [0.29, 0.717) is 25.7 Å². The smallest absolute Gasteiger partial charge is 0.421 e. The molecule has 2 atom stereocenters. The molecule has 0 aromatic carbocycles. The highest BCUT2D eigenvalue weighted by Crippen LogP contribution is 2.41. The van der Waals surface area contributed by atoms with Gasteiger partial charge in [0, 0.05) is 18.5 Å². The lowest BCUT2D eigenvalue weighted by Gasteiger charge is -2.37. The van der Waals surface area contributed by atoms with Crippen molar-refractivity contribution in [1.29, 1.82) is 0 Å². The minimum Gasteiger partial charge on any atom is -0.481 e. The molecule has 2 fully saturated rings. The van der Waals surface area contributed by atoms with Gasteiger partial charge in [0.15, 0.2) is 0 Å². The lowest BCUT2D eigenvalue weighted by molar-refractivity contribution is -0.138. The number of carboxylic acid groups (broad SMARTS) is 1. The summed E-state index contributed by atoms with van der Waals surface area (Å²) in [6.07, 6.45) is 1.52. The van der Waals surface area contributed by atoms with Crippen molar-refractivity contribution in [3.05, 3.63) is 0 Å². The average molecular weight is 320 g/mol. The van der Waals surface area contributed by atoms with Crippen molar-refractivity contribution in [3.63, 3.8) is 0 Å². The number of aliphatic carboxylic acids is 1. The summed E-state index contributed by atoms with van der Waals surface area (Å²) in [5, 5.41) is 8.86. The van der Waals surface area contributed by atoms with Crippen molar-refractivity contribution in [3.8, 4) is 0 Å². The first-order chi connectivity index (χ1) is 9.83. The van der Waals surface area contributed by atoms with Gasteiger partial charge >= 0.3 is 22.3 Å². The summed E-state index contributed by atoms with van der Waals surface area (Å²) in [6.45, 7) is 1.68. The van der Waals surface area contributed by atoms with Crippen molar-refractivity contribution >= 4 is 22.3 Å². The molecular formula is C12H20N2O6S. The number of piperidine rings is 1. The van der Waals surface area contributed by atoms with Crippen LogP contribution < -0.4 is 4.72 Å². The third-order valence-corrected chi connectivity index (χ3v) is 5.57. The van der Waals surface area contributed by atoms with E-state index >= 15 is 0 Å². The van der Waals surface area contributed by atoms with E-state index in [-0.39, 0.29) is 31.0 Å². The van der Waals surface area contributed by atoms with Crippen molar-refractivity contribution in [1.82, 2.24) is 9.03 Å². The van der Waals surface area contributed by atoms with E-state index in [1.165, 1.54) is 4.31 Å². The second kappa shape index (κ2) is 6.18. The highest BCUT2D eigenvalue weighted by molar-refractivity contribution is 7.87. The van der Waals surface area contributed by atoms with Crippen LogP contribution in [0.4, 0.5) is 4.79 Å². The van der Waals surface area contributed by atoms with Crippen molar-refractivity contribution in [2.45, 2.75) is 51.1 Å². The van der Waals surface area contributed by atoms with Gasteiger partial charge in [-0.2, -0.15) is 12.7 Å². The molecule has 2 unspecified atom stereocenters. The first-order valence-corrected chi connectivity index (χ1v) is 8.47. The standard InChI is InChI=1S/C12H20N2O6S/c1-2-20-12(17)13-21(18,19)14-9-3-4-10(14)6-8(5-9)7-11(15)16/h8-10H,2-7H2,1H3,(H,13,17)(H,15,16). The Morgan fingerprint density at radius 1 is 1.29 bits per heavy atom. The molecule has 2 saturated heterocycles. The van der Waals surface area contributed by atoms with Gasteiger partial charge in [0.1, 0.15) is 0 Å². The summed E-state index contributed by atoms with van der Waals surface area (Å²) in [5.41, 5.74) is 0. The third kappa shape index (κ3) is 3.65. The molecule has 2 N–H and O–H groups in total. The molecule has 21 heavy (non-hydrogen) atoms. The number of carbonyl (C=O) groups excluding carboxylic acids is 1. The Morgan fingerprint density at radius 3 is 2.33 bits per heavy atom. The van der Waals surface area contributed by atoms with Gasteiger partial charge in [0.25, 0.3) is 0 Å². The number of amides is 1. The molecule has 2 rings (SSSR count). The molecule has 0 radical (unpaired) electrons. The summed E-state index contributed by atoms with van der Waals surface area (Å²) in [4.78, 5) is 22.1. The minimum atomic E-state index is -3.93. The Bertz CT molecular complexity index is 506. The van der Waals surface area contributed by atoms with Gasteiger partial charge in [-0.25, -0.2) is 9.52 Å². The van der Waals surface area contributed by atoms with Crippen molar-refractivity contribution in [2.24, 2.45) is 5.92 Å². The zero-order valence-corrected chi connectivity index (χ0v) is 12.6. The van der Waals surface area contributed by atoms with Crippen LogP contribution in [0.3, 0.4) is 0 Å². The third-order valence-electron chi connectivity index (χ3n) is 3.99. The van der Waals surface area contributed by atoms with Crippen LogP contribution in [0.2, 0.25) is 0 Å². The lowest BCUT2D eigenvalue weighted by Crippen LogP contribution is -2.52. The predicted octanol–water partition coefficient (Wildman–Crippen LogP) is 0.695. The maximum absolute atomic E-state index is 12.3. The molecule has 2 heterocycles. The largest absolute Gasteiger partial charge is 0.481 e. The van der Waals surface area contributed by atoms with Crippen molar-refractivity contribution < 1.29 is 27.9 Å². The fourth-order valence-corrected chi connectivity index (χ4v) is 4.91. The van der Waals surface area contributed by atoms with Gasteiger partial charge in [-0.3, -0.25) is 4.79 Å². The summed E-state index contributed by atoms with van der Waals surface area (Å²) < 4.78 is 32.3. The fraction of sp³-hybridized carbons (Fsp3) is 0.833. The van der Waals surface area contributed by atoms with Crippen LogP contribution in [0.5, 0.6) is 0 Å². The van der Waals surface area contributed by atoms with Gasteiger partial charge in [-0.15, -0.1) is 0 Å². The van der Waals surface area contributed by atoms with E-state index in [4.69, 9.17) is 5.11 Å². The van der Waals surface area contributed by atoms with Crippen LogP contribution in [0.15, 0.2) is 0 Å². The van der Waals surface area contributed by atoms with E-state index in [2.05, 4.69) is 4.74 Å². The Balaban J connectivity index is 2.05. The molecule has 0 spiro atoms. The van der Waals surface area contributed by atoms with Crippen LogP contribution in [0, 0.1) is 5.92 Å². The van der Waals surface area contributed by atoms with E-state index in [1.54, 1.807) is 6.92 Å². The number of carboxylic acids is 1. The van der Waals surface area contributed by atoms with E-state index in [0.717, 1.165) is 0 Å². The Kier molecular flexibility index (Phi) is 4.72. The molecule has 2 aliphatic rings. The number of nitrogens with one attached hydrogen (secondary N) is 1. The minimum absolute atomic E-state index is 0.00552. The van der Waals surface area contributed by atoms with Crippen molar-refractivity contribution in [2.75, 3.05) is 6.61 Å². The number of carbonyl (C=O) groups is 2. The Labute approximate surface area is 123 Å². The lowest BCUT2D eigenvalue weighted by atomic mass is 9.90. The predicted molar refractivity (Wildman–Crippen MR) is 72.7 cm³/mol. The molecule has 120 valence electrons. The molecule has 2 bridgehead atoms. The van der Waals surface area contributed by atoms with Crippen LogP contribution in [-0.4, -0.2) is 48.6 Å². The molecule has 0 aliphatic carbocycles. The van der Waals surface area contributed by atoms with E-state index < -0.39 is 22.3 Å². The molecular weight excluding hydrogens is 300 g/mol. The van der Waals surface area contributed by atoms with E-state index in [9.17, 15) is 18.0 Å². The molecule has 2 aliphatic heterocycles. The molecule has 0 aromatic heterocycles. The van der Waals surface area contributed by atoms with Crippen LogP contribution in [-0.2, 0) is 19.7 Å². The van der Waals surface area contributed by atoms with Gasteiger partial charge < -0.3 is 9.84 Å². The summed E-state index contributed by atoms with van der Waals surface area (Å²) in [7, 11) is -3.93. The Hall–Kier alpha value is -1.35. The van der Waals surface area contributed by atoms with Crippen LogP contribution >= 0.6 is 0 Å². The first-order valence-electron chi connectivity index (χ1n) is 7.03. The molecule has 0 aromatic rings. The summed E-state index contributed by atoms with van der Waals surface area (Å²) in [5.74, 6) is -0.866. The summed E-state index contributed by atoms with van der Waals surface area (Å²) in [6, 6.07) is -0.472. The number of rotatable bonds is 5. The maximum Gasteiger partial charge on any atom is 0.421 e. The first kappa shape index (κ1) is 16.0. The molecule has 8 nitrogen and oxygen atoms in total. The van der Waals surface area contributed by atoms with E-state index in [1.807, 2.05) is 4.72 Å². The van der Waals surface area contributed by atoms with Gasteiger partial charge in [-0.1, -0.05) is 0 Å². The number of ether oxygens (including phenoxy) is 1. The second-order valence-corrected chi connectivity index (χ2v) is 7.05. The topological polar surface area (TPSA) is 113 Å². The average Bonchev–Trinajstić information content (AvgIpc) is 2.62. The maximum atomic E-state index is 12.3. The van der Waals surface area contributed by atoms with Crippen LogP contribution in [0.1, 0.15) is 39.0 Å². The number of nitrogens with zero attached hydrogens (tertiary/aromatic N) is 1. The monoisotopic (exact) mass is 320 g/mol. The number of hydrogen-bond donors (Lipinski definition) is 2.